The van der Waals surface area contributed by atoms with Gasteiger partial charge in [-0.1, -0.05) is 37.3 Å². The Morgan fingerprint density at radius 3 is 2.39 bits per heavy atom. The van der Waals surface area contributed by atoms with Gasteiger partial charge in [0.05, 0.1) is 31.5 Å². The van der Waals surface area contributed by atoms with Crippen LogP contribution in [0.15, 0.2) is 12.1 Å². The predicted octanol–water partition coefficient (Wildman–Crippen LogP) is 3.61. The van der Waals surface area contributed by atoms with E-state index in [9.17, 15) is 4.79 Å². The molecular formula is C17H25ClN2O3. The SMILES string of the molecule is COc1cc(NCC(=O)NC2CCCCCC2)c(OC)cc1Cl. The summed E-state index contributed by atoms with van der Waals surface area (Å²) in [7, 11) is 3.12. The number of nitrogens with one attached hydrogen (secondary N) is 2. The van der Waals surface area contributed by atoms with Gasteiger partial charge in [0.15, 0.2) is 0 Å². The van der Waals surface area contributed by atoms with Gasteiger partial charge in [-0.25, -0.2) is 0 Å². The summed E-state index contributed by atoms with van der Waals surface area (Å²) in [6.07, 6.45) is 7.08. The molecule has 1 amide bonds. The summed E-state index contributed by atoms with van der Waals surface area (Å²) in [6.45, 7) is 0.192. The van der Waals surface area contributed by atoms with E-state index < -0.39 is 0 Å². The van der Waals surface area contributed by atoms with Gasteiger partial charge in [0, 0.05) is 18.2 Å². The quantitative estimate of drug-likeness (QED) is 0.777. The summed E-state index contributed by atoms with van der Waals surface area (Å²) in [5, 5.41) is 6.67. The number of rotatable bonds is 6. The summed E-state index contributed by atoms with van der Waals surface area (Å²) in [5.41, 5.74) is 0.685. The molecule has 0 aromatic heterocycles. The van der Waals surface area contributed by atoms with E-state index >= 15 is 0 Å². The van der Waals surface area contributed by atoms with Crippen molar-refractivity contribution in [1.29, 1.82) is 0 Å². The van der Waals surface area contributed by atoms with Crippen molar-refractivity contribution in [3.8, 4) is 11.5 Å². The number of benzene rings is 1. The van der Waals surface area contributed by atoms with Crippen molar-refractivity contribution < 1.29 is 14.3 Å². The summed E-state index contributed by atoms with van der Waals surface area (Å²) in [4.78, 5) is 12.1. The lowest BCUT2D eigenvalue weighted by Gasteiger charge is -2.18. The number of anilines is 1. The Labute approximate surface area is 142 Å². The highest BCUT2D eigenvalue weighted by atomic mass is 35.5. The molecule has 0 aliphatic heterocycles. The number of carbonyl (C=O) groups is 1. The number of methoxy groups -OCH3 is 2. The van der Waals surface area contributed by atoms with Crippen molar-refractivity contribution in [2.75, 3.05) is 26.1 Å². The molecule has 1 aromatic rings. The van der Waals surface area contributed by atoms with Gasteiger partial charge in [-0.2, -0.15) is 0 Å². The van der Waals surface area contributed by atoms with E-state index in [0.717, 1.165) is 12.8 Å². The Hall–Kier alpha value is -1.62. The maximum Gasteiger partial charge on any atom is 0.239 e. The number of carbonyl (C=O) groups excluding carboxylic acids is 1. The molecule has 0 bridgehead atoms. The largest absolute Gasteiger partial charge is 0.495 e. The van der Waals surface area contributed by atoms with Crippen LogP contribution >= 0.6 is 11.6 Å². The Kier molecular flexibility index (Phi) is 6.84. The highest BCUT2D eigenvalue weighted by Crippen LogP contribution is 2.35. The first-order valence-electron chi connectivity index (χ1n) is 8.08. The number of amides is 1. The van der Waals surface area contributed by atoms with Crippen LogP contribution in [0.2, 0.25) is 5.02 Å². The zero-order valence-electron chi connectivity index (χ0n) is 13.8. The molecule has 0 unspecified atom stereocenters. The van der Waals surface area contributed by atoms with Gasteiger partial charge in [-0.15, -0.1) is 0 Å². The molecule has 2 rings (SSSR count). The fraction of sp³-hybridized carbons (Fsp3) is 0.588. The van der Waals surface area contributed by atoms with Gasteiger partial charge in [0.1, 0.15) is 11.5 Å². The van der Waals surface area contributed by atoms with Crippen molar-refractivity contribution in [3.63, 3.8) is 0 Å². The topological polar surface area (TPSA) is 59.6 Å². The lowest BCUT2D eigenvalue weighted by atomic mass is 10.1. The maximum atomic E-state index is 12.1. The molecule has 0 saturated heterocycles. The Bertz CT molecular complexity index is 529. The summed E-state index contributed by atoms with van der Waals surface area (Å²) < 4.78 is 10.5. The van der Waals surface area contributed by atoms with Gasteiger partial charge in [0.2, 0.25) is 5.91 Å². The number of hydrogen-bond donors (Lipinski definition) is 2. The summed E-state index contributed by atoms with van der Waals surface area (Å²) >= 11 is 6.08. The van der Waals surface area contributed by atoms with Crippen molar-refractivity contribution in [2.24, 2.45) is 0 Å². The second-order valence-corrected chi connectivity index (χ2v) is 6.20. The fourth-order valence-electron chi connectivity index (χ4n) is 2.88. The van der Waals surface area contributed by atoms with E-state index in [-0.39, 0.29) is 12.5 Å². The van der Waals surface area contributed by atoms with Crippen LogP contribution in [-0.4, -0.2) is 32.7 Å². The molecule has 1 saturated carbocycles. The molecule has 5 nitrogen and oxygen atoms in total. The average molecular weight is 341 g/mol. The average Bonchev–Trinajstić information content (AvgIpc) is 2.81. The lowest BCUT2D eigenvalue weighted by Crippen LogP contribution is -2.38. The van der Waals surface area contributed by atoms with Crippen LogP contribution in [0.5, 0.6) is 11.5 Å². The van der Waals surface area contributed by atoms with Gasteiger partial charge in [0.25, 0.3) is 0 Å². The minimum atomic E-state index is -0.00660. The minimum absolute atomic E-state index is 0.00660. The molecule has 0 radical (unpaired) electrons. The lowest BCUT2D eigenvalue weighted by molar-refractivity contribution is -0.120. The van der Waals surface area contributed by atoms with E-state index in [1.165, 1.54) is 25.7 Å². The highest BCUT2D eigenvalue weighted by molar-refractivity contribution is 6.32. The van der Waals surface area contributed by atoms with Crippen LogP contribution < -0.4 is 20.1 Å². The van der Waals surface area contributed by atoms with Crippen LogP contribution in [0.1, 0.15) is 38.5 Å². The summed E-state index contributed by atoms with van der Waals surface area (Å²) in [6, 6.07) is 3.71. The molecule has 128 valence electrons. The maximum absolute atomic E-state index is 12.1. The van der Waals surface area contributed by atoms with E-state index in [1.807, 2.05) is 0 Å². The Morgan fingerprint density at radius 2 is 1.78 bits per heavy atom. The smallest absolute Gasteiger partial charge is 0.239 e. The van der Waals surface area contributed by atoms with Gasteiger partial charge in [-0.05, 0) is 12.8 Å². The Morgan fingerprint density at radius 1 is 1.13 bits per heavy atom. The van der Waals surface area contributed by atoms with Gasteiger partial charge >= 0.3 is 0 Å². The molecule has 1 aromatic carbocycles. The van der Waals surface area contributed by atoms with E-state index in [4.69, 9.17) is 21.1 Å². The fourth-order valence-corrected chi connectivity index (χ4v) is 3.11. The zero-order valence-corrected chi connectivity index (χ0v) is 14.5. The molecule has 0 atom stereocenters. The van der Waals surface area contributed by atoms with E-state index in [2.05, 4.69) is 10.6 Å². The molecule has 23 heavy (non-hydrogen) atoms. The molecule has 1 fully saturated rings. The second kappa shape index (κ2) is 8.87. The van der Waals surface area contributed by atoms with Gasteiger partial charge in [-0.3, -0.25) is 4.79 Å². The van der Waals surface area contributed by atoms with Crippen LogP contribution in [0.3, 0.4) is 0 Å². The monoisotopic (exact) mass is 340 g/mol. The normalized spacial score (nSPS) is 15.6. The van der Waals surface area contributed by atoms with Crippen molar-refractivity contribution >= 4 is 23.2 Å². The third-order valence-electron chi connectivity index (χ3n) is 4.13. The second-order valence-electron chi connectivity index (χ2n) is 5.80. The first kappa shape index (κ1) is 17.7. The zero-order chi connectivity index (χ0) is 16.7. The van der Waals surface area contributed by atoms with E-state index in [0.29, 0.717) is 28.3 Å². The van der Waals surface area contributed by atoms with Gasteiger partial charge < -0.3 is 20.1 Å². The minimum Gasteiger partial charge on any atom is -0.495 e. The standard InChI is InChI=1S/C17H25ClN2O3/c1-22-15-10-14(16(23-2)9-13(15)18)19-11-17(21)20-12-7-5-3-4-6-8-12/h9-10,12,19H,3-8,11H2,1-2H3,(H,20,21). The first-order chi connectivity index (χ1) is 11.1. The summed E-state index contributed by atoms with van der Waals surface area (Å²) in [5.74, 6) is 1.12. The van der Waals surface area contributed by atoms with Crippen LogP contribution in [0.25, 0.3) is 0 Å². The number of hydrogen-bond acceptors (Lipinski definition) is 4. The third kappa shape index (κ3) is 5.20. The molecular weight excluding hydrogens is 316 g/mol. The molecule has 0 heterocycles. The molecule has 2 N–H and O–H groups in total. The van der Waals surface area contributed by atoms with Crippen molar-refractivity contribution in [1.82, 2.24) is 5.32 Å². The molecule has 0 spiro atoms. The highest BCUT2D eigenvalue weighted by Gasteiger charge is 2.15. The van der Waals surface area contributed by atoms with E-state index in [1.54, 1.807) is 26.4 Å². The van der Waals surface area contributed by atoms with Crippen LogP contribution in [0, 0.1) is 0 Å². The van der Waals surface area contributed by atoms with Crippen molar-refractivity contribution in [3.05, 3.63) is 17.2 Å². The molecule has 1 aliphatic rings. The number of ether oxygens (including phenoxy) is 2. The van der Waals surface area contributed by atoms with Crippen LogP contribution in [-0.2, 0) is 4.79 Å². The predicted molar refractivity (Wildman–Crippen MR) is 92.7 cm³/mol. The third-order valence-corrected chi connectivity index (χ3v) is 4.43. The first-order valence-corrected chi connectivity index (χ1v) is 8.46. The number of halogens is 1. The molecule has 1 aliphatic carbocycles. The van der Waals surface area contributed by atoms with Crippen molar-refractivity contribution in [2.45, 2.75) is 44.6 Å². The van der Waals surface area contributed by atoms with Crippen LogP contribution in [0.4, 0.5) is 5.69 Å². The molecule has 6 heteroatoms. The Balaban J connectivity index is 1.92.